The van der Waals surface area contributed by atoms with Crippen LogP contribution in [0.25, 0.3) is 0 Å². The molecule has 1 aliphatic heterocycles. The number of piperazine rings is 1. The first-order chi connectivity index (χ1) is 12.5. The Labute approximate surface area is 156 Å². The summed E-state index contributed by atoms with van der Waals surface area (Å²) >= 11 is 6.01. The van der Waals surface area contributed by atoms with Crippen LogP contribution in [0.3, 0.4) is 0 Å². The summed E-state index contributed by atoms with van der Waals surface area (Å²) in [5, 5.41) is 0.131. The molecule has 0 atom stereocenters. The number of carbonyl (C=O) groups is 1. The van der Waals surface area contributed by atoms with Crippen LogP contribution in [0.2, 0.25) is 5.02 Å². The third kappa shape index (κ3) is 3.55. The van der Waals surface area contributed by atoms with Crippen LogP contribution in [-0.2, 0) is 0 Å². The Hall–Kier alpha value is -2.47. The highest BCUT2D eigenvalue weighted by Crippen LogP contribution is 2.33. The normalized spacial score (nSPS) is 14.3. The van der Waals surface area contributed by atoms with Gasteiger partial charge in [0.15, 0.2) is 0 Å². The molecule has 1 amide bonds. The van der Waals surface area contributed by atoms with Gasteiger partial charge in [-0.3, -0.25) is 4.79 Å². The molecule has 2 aromatic carbocycles. The van der Waals surface area contributed by atoms with Gasteiger partial charge in [0.25, 0.3) is 5.91 Å². The Kier molecular flexibility index (Phi) is 5.52. The minimum Gasteiger partial charge on any atom is -0.497 e. The summed E-state index contributed by atoms with van der Waals surface area (Å²) < 4.78 is 24.7. The highest BCUT2D eigenvalue weighted by atomic mass is 35.5. The molecule has 26 heavy (non-hydrogen) atoms. The van der Waals surface area contributed by atoms with Gasteiger partial charge < -0.3 is 19.3 Å². The average molecular weight is 379 g/mol. The molecule has 3 rings (SSSR count). The summed E-state index contributed by atoms with van der Waals surface area (Å²) in [4.78, 5) is 16.4. The minimum absolute atomic E-state index is 0.0680. The number of hydrogen-bond donors (Lipinski definition) is 0. The minimum atomic E-state index is -0.598. The molecule has 0 saturated carbocycles. The van der Waals surface area contributed by atoms with Crippen LogP contribution in [0.1, 0.15) is 10.4 Å². The number of nitrogens with zero attached hydrogens (tertiary/aromatic N) is 2. The second-order valence-corrected chi connectivity index (χ2v) is 6.32. The SMILES string of the molecule is COc1ccc(OC)c(N2CCN(C(=O)c3c(F)cccc3Cl)CC2)c1. The van der Waals surface area contributed by atoms with Gasteiger partial charge in [0.1, 0.15) is 17.3 Å². The van der Waals surface area contributed by atoms with E-state index >= 15 is 0 Å². The van der Waals surface area contributed by atoms with Crippen molar-refractivity contribution in [2.24, 2.45) is 0 Å². The Morgan fingerprint density at radius 3 is 2.42 bits per heavy atom. The molecule has 1 heterocycles. The van der Waals surface area contributed by atoms with E-state index in [1.165, 1.54) is 18.2 Å². The van der Waals surface area contributed by atoms with E-state index in [4.69, 9.17) is 21.1 Å². The number of benzene rings is 2. The van der Waals surface area contributed by atoms with Crippen LogP contribution < -0.4 is 14.4 Å². The molecular weight excluding hydrogens is 359 g/mol. The first-order valence-electron chi connectivity index (χ1n) is 8.25. The number of anilines is 1. The van der Waals surface area contributed by atoms with Crippen molar-refractivity contribution >= 4 is 23.2 Å². The maximum Gasteiger partial charge on any atom is 0.258 e. The third-order valence-corrected chi connectivity index (χ3v) is 4.79. The molecule has 1 saturated heterocycles. The molecule has 1 aliphatic rings. The predicted octanol–water partition coefficient (Wildman–Crippen LogP) is 3.46. The van der Waals surface area contributed by atoms with Gasteiger partial charge in [0.2, 0.25) is 0 Å². The number of methoxy groups -OCH3 is 2. The maximum atomic E-state index is 14.0. The zero-order valence-corrected chi connectivity index (χ0v) is 15.4. The molecule has 138 valence electrons. The van der Waals surface area contributed by atoms with Crippen molar-refractivity contribution in [3.8, 4) is 11.5 Å². The van der Waals surface area contributed by atoms with Crippen LogP contribution in [0.5, 0.6) is 11.5 Å². The number of carbonyl (C=O) groups excluding carboxylic acids is 1. The molecule has 2 aromatic rings. The number of ether oxygens (including phenoxy) is 2. The zero-order valence-electron chi connectivity index (χ0n) is 14.7. The highest BCUT2D eigenvalue weighted by molar-refractivity contribution is 6.33. The van der Waals surface area contributed by atoms with Crippen molar-refractivity contribution in [1.29, 1.82) is 0 Å². The monoisotopic (exact) mass is 378 g/mol. The van der Waals surface area contributed by atoms with Gasteiger partial charge in [-0.1, -0.05) is 17.7 Å². The standard InChI is InChI=1S/C19H20ClFN2O3/c1-25-13-6-7-17(26-2)16(12-13)22-8-10-23(11-9-22)19(24)18-14(20)4-3-5-15(18)21/h3-7,12H,8-11H2,1-2H3. The molecule has 0 radical (unpaired) electrons. The second kappa shape index (κ2) is 7.83. The van der Waals surface area contributed by atoms with Gasteiger partial charge in [0, 0.05) is 32.2 Å². The summed E-state index contributed by atoms with van der Waals surface area (Å²) in [5.74, 6) is 0.491. The van der Waals surface area contributed by atoms with Crippen molar-refractivity contribution in [3.05, 3.63) is 52.8 Å². The summed E-state index contributed by atoms with van der Waals surface area (Å²) in [6.07, 6.45) is 0. The van der Waals surface area contributed by atoms with Crippen molar-refractivity contribution in [2.75, 3.05) is 45.3 Å². The lowest BCUT2D eigenvalue weighted by Gasteiger charge is -2.36. The molecule has 5 nitrogen and oxygen atoms in total. The summed E-state index contributed by atoms with van der Waals surface area (Å²) in [7, 11) is 3.23. The molecule has 0 aliphatic carbocycles. The van der Waals surface area contributed by atoms with Crippen molar-refractivity contribution < 1.29 is 18.7 Å². The fourth-order valence-electron chi connectivity index (χ4n) is 3.05. The van der Waals surface area contributed by atoms with Crippen molar-refractivity contribution in [1.82, 2.24) is 4.90 Å². The van der Waals surface area contributed by atoms with E-state index in [2.05, 4.69) is 4.90 Å². The van der Waals surface area contributed by atoms with Gasteiger partial charge in [-0.05, 0) is 24.3 Å². The Morgan fingerprint density at radius 2 is 1.81 bits per heavy atom. The smallest absolute Gasteiger partial charge is 0.258 e. The van der Waals surface area contributed by atoms with Gasteiger partial charge in [-0.2, -0.15) is 0 Å². The number of hydrogen-bond acceptors (Lipinski definition) is 4. The van der Waals surface area contributed by atoms with Crippen LogP contribution >= 0.6 is 11.6 Å². The van der Waals surface area contributed by atoms with E-state index in [9.17, 15) is 9.18 Å². The molecule has 0 bridgehead atoms. The van der Waals surface area contributed by atoms with E-state index in [1.807, 2.05) is 18.2 Å². The Morgan fingerprint density at radius 1 is 1.08 bits per heavy atom. The largest absolute Gasteiger partial charge is 0.497 e. The summed E-state index contributed by atoms with van der Waals surface area (Å²) in [6.45, 7) is 2.12. The first-order valence-corrected chi connectivity index (χ1v) is 8.63. The molecule has 7 heteroatoms. The van der Waals surface area contributed by atoms with Crippen LogP contribution in [0.15, 0.2) is 36.4 Å². The van der Waals surface area contributed by atoms with Crippen LogP contribution in [-0.4, -0.2) is 51.2 Å². The first kappa shape index (κ1) is 18.3. The van der Waals surface area contributed by atoms with Crippen molar-refractivity contribution in [3.63, 3.8) is 0 Å². The molecular formula is C19H20ClFN2O3. The Bertz CT molecular complexity index is 787. The van der Waals surface area contributed by atoms with Crippen LogP contribution in [0.4, 0.5) is 10.1 Å². The number of rotatable bonds is 4. The fourth-order valence-corrected chi connectivity index (χ4v) is 3.30. The lowest BCUT2D eigenvalue weighted by Crippen LogP contribution is -2.49. The summed E-state index contributed by atoms with van der Waals surface area (Å²) in [5.41, 5.74) is 0.837. The predicted molar refractivity (Wildman–Crippen MR) is 99.1 cm³/mol. The van der Waals surface area contributed by atoms with Crippen molar-refractivity contribution in [2.45, 2.75) is 0 Å². The third-order valence-electron chi connectivity index (χ3n) is 4.47. The lowest BCUT2D eigenvalue weighted by molar-refractivity contribution is 0.0742. The highest BCUT2D eigenvalue weighted by Gasteiger charge is 2.27. The fraction of sp³-hybridized carbons (Fsp3) is 0.316. The van der Waals surface area contributed by atoms with Gasteiger partial charge in [-0.15, -0.1) is 0 Å². The quantitative estimate of drug-likeness (QED) is 0.817. The van der Waals surface area contributed by atoms with E-state index in [-0.39, 0.29) is 16.5 Å². The zero-order chi connectivity index (χ0) is 18.7. The van der Waals surface area contributed by atoms with E-state index in [1.54, 1.807) is 19.1 Å². The van der Waals surface area contributed by atoms with E-state index < -0.39 is 5.82 Å². The summed E-state index contributed by atoms with van der Waals surface area (Å²) in [6, 6.07) is 9.85. The molecule has 0 N–H and O–H groups in total. The molecule has 1 fully saturated rings. The average Bonchev–Trinajstić information content (AvgIpc) is 2.67. The Balaban J connectivity index is 1.75. The van der Waals surface area contributed by atoms with E-state index in [0.29, 0.717) is 26.2 Å². The number of halogens is 2. The maximum absolute atomic E-state index is 14.0. The van der Waals surface area contributed by atoms with Gasteiger partial charge in [-0.25, -0.2) is 4.39 Å². The molecule has 0 unspecified atom stereocenters. The van der Waals surface area contributed by atoms with E-state index in [0.717, 1.165) is 17.2 Å². The number of amides is 1. The topological polar surface area (TPSA) is 42.0 Å². The molecule has 0 aromatic heterocycles. The lowest BCUT2D eigenvalue weighted by atomic mass is 10.1. The van der Waals surface area contributed by atoms with Gasteiger partial charge in [0.05, 0.1) is 30.5 Å². The van der Waals surface area contributed by atoms with Gasteiger partial charge >= 0.3 is 0 Å². The van der Waals surface area contributed by atoms with Crippen LogP contribution in [0, 0.1) is 5.82 Å². The molecule has 0 spiro atoms. The second-order valence-electron chi connectivity index (χ2n) is 5.91.